The van der Waals surface area contributed by atoms with Gasteiger partial charge in [0.2, 0.25) is 0 Å². The first-order valence-electron chi connectivity index (χ1n) is 8.85. The molecule has 152 valence electrons. The Labute approximate surface area is 163 Å². The van der Waals surface area contributed by atoms with Crippen LogP contribution in [0, 0.1) is 0 Å². The number of piperidine rings is 1. The molecule has 0 saturated carbocycles. The molecule has 0 aromatic heterocycles. The molecule has 0 aliphatic carbocycles. The van der Waals surface area contributed by atoms with Crippen molar-refractivity contribution in [3.05, 3.63) is 29.3 Å². The van der Waals surface area contributed by atoms with Crippen LogP contribution in [0.1, 0.15) is 33.6 Å². The van der Waals surface area contributed by atoms with Crippen molar-refractivity contribution in [1.82, 2.24) is 9.80 Å². The number of ether oxygens (including phenoxy) is 2. The smallest absolute Gasteiger partial charge is 0.339 e. The SMILES string of the molecule is COC(=O)c1ccc(C(=O)OC)c(NC(=O)C(=O)N(C)C2CCN(C)CC2)c1. The van der Waals surface area contributed by atoms with Gasteiger partial charge in [-0.1, -0.05) is 0 Å². The minimum Gasteiger partial charge on any atom is -0.465 e. The number of nitrogens with zero attached hydrogens (tertiary/aromatic N) is 2. The van der Waals surface area contributed by atoms with E-state index in [4.69, 9.17) is 4.74 Å². The molecule has 0 atom stereocenters. The van der Waals surface area contributed by atoms with Gasteiger partial charge in [-0.2, -0.15) is 0 Å². The monoisotopic (exact) mass is 391 g/mol. The quantitative estimate of drug-likeness (QED) is 0.596. The first-order valence-corrected chi connectivity index (χ1v) is 8.85. The first-order chi connectivity index (χ1) is 13.3. The lowest BCUT2D eigenvalue weighted by Gasteiger charge is -2.34. The minimum atomic E-state index is -0.895. The molecule has 1 fully saturated rings. The third kappa shape index (κ3) is 4.86. The fourth-order valence-corrected chi connectivity index (χ4v) is 3.06. The van der Waals surface area contributed by atoms with Crippen molar-refractivity contribution in [2.75, 3.05) is 46.7 Å². The van der Waals surface area contributed by atoms with Crippen molar-refractivity contribution >= 4 is 29.4 Å². The zero-order valence-corrected chi connectivity index (χ0v) is 16.5. The van der Waals surface area contributed by atoms with Gasteiger partial charge < -0.3 is 24.6 Å². The van der Waals surface area contributed by atoms with Crippen LogP contribution < -0.4 is 5.32 Å². The van der Waals surface area contributed by atoms with Gasteiger partial charge in [-0.25, -0.2) is 9.59 Å². The topological polar surface area (TPSA) is 105 Å². The fourth-order valence-electron chi connectivity index (χ4n) is 3.06. The predicted octanol–water partition coefficient (Wildman–Crippen LogP) is 0.751. The summed E-state index contributed by atoms with van der Waals surface area (Å²) < 4.78 is 9.34. The van der Waals surface area contributed by atoms with E-state index in [1.165, 1.54) is 37.3 Å². The number of carbonyl (C=O) groups excluding carboxylic acids is 4. The number of amides is 2. The van der Waals surface area contributed by atoms with Gasteiger partial charge in [-0.05, 0) is 51.2 Å². The van der Waals surface area contributed by atoms with Gasteiger partial charge in [0.1, 0.15) is 0 Å². The van der Waals surface area contributed by atoms with Gasteiger partial charge in [0.25, 0.3) is 0 Å². The number of likely N-dealkylation sites (tertiary alicyclic amines) is 1. The largest absolute Gasteiger partial charge is 0.465 e. The molecule has 0 unspecified atom stereocenters. The molecule has 0 radical (unpaired) electrons. The van der Waals surface area contributed by atoms with Crippen LogP contribution in [0.2, 0.25) is 0 Å². The summed E-state index contributed by atoms with van der Waals surface area (Å²) >= 11 is 0. The number of benzene rings is 1. The average molecular weight is 391 g/mol. The molecule has 1 aliphatic heterocycles. The number of esters is 2. The Morgan fingerprint density at radius 2 is 1.68 bits per heavy atom. The van der Waals surface area contributed by atoms with Crippen molar-refractivity contribution < 1.29 is 28.7 Å². The molecule has 1 saturated heterocycles. The van der Waals surface area contributed by atoms with Gasteiger partial charge in [0.05, 0.1) is 31.0 Å². The summed E-state index contributed by atoms with van der Waals surface area (Å²) in [5.74, 6) is -2.95. The highest BCUT2D eigenvalue weighted by molar-refractivity contribution is 6.40. The Balaban J connectivity index is 2.19. The molecule has 2 amide bonds. The van der Waals surface area contributed by atoms with Crippen molar-refractivity contribution in [1.29, 1.82) is 0 Å². The van der Waals surface area contributed by atoms with Crippen molar-refractivity contribution in [2.24, 2.45) is 0 Å². The maximum atomic E-state index is 12.5. The Morgan fingerprint density at radius 1 is 1.07 bits per heavy atom. The number of nitrogens with one attached hydrogen (secondary N) is 1. The lowest BCUT2D eigenvalue weighted by atomic mass is 10.0. The number of likely N-dealkylation sites (N-methyl/N-ethyl adjacent to an activating group) is 1. The number of hydrogen-bond donors (Lipinski definition) is 1. The molecule has 1 heterocycles. The van der Waals surface area contributed by atoms with Crippen LogP contribution in [0.15, 0.2) is 18.2 Å². The third-order valence-corrected chi connectivity index (χ3v) is 4.84. The van der Waals surface area contributed by atoms with E-state index in [0.717, 1.165) is 25.9 Å². The molecule has 1 aromatic carbocycles. The molecule has 28 heavy (non-hydrogen) atoms. The summed E-state index contributed by atoms with van der Waals surface area (Å²) in [7, 11) is 6.01. The fraction of sp³-hybridized carbons (Fsp3) is 0.474. The van der Waals surface area contributed by atoms with E-state index in [1.807, 2.05) is 7.05 Å². The van der Waals surface area contributed by atoms with E-state index in [0.29, 0.717) is 0 Å². The standard InChI is InChI=1S/C19H25N3O6/c1-21-9-7-13(8-10-21)22(2)17(24)16(23)20-15-11-12(18(25)27-3)5-6-14(15)19(26)28-4/h5-6,11,13H,7-10H2,1-4H3,(H,20,23). The summed E-state index contributed by atoms with van der Waals surface area (Å²) in [6.45, 7) is 1.69. The maximum absolute atomic E-state index is 12.5. The molecule has 0 spiro atoms. The van der Waals surface area contributed by atoms with E-state index < -0.39 is 23.8 Å². The van der Waals surface area contributed by atoms with Gasteiger partial charge in [0, 0.05) is 13.1 Å². The number of carbonyl (C=O) groups is 4. The van der Waals surface area contributed by atoms with Crippen molar-refractivity contribution in [2.45, 2.75) is 18.9 Å². The molecule has 1 N–H and O–H groups in total. The van der Waals surface area contributed by atoms with Crippen LogP contribution in [0.4, 0.5) is 5.69 Å². The number of methoxy groups -OCH3 is 2. The van der Waals surface area contributed by atoms with Crippen LogP contribution in [-0.4, -0.2) is 81.0 Å². The van der Waals surface area contributed by atoms with Gasteiger partial charge in [0.15, 0.2) is 0 Å². The molecular weight excluding hydrogens is 366 g/mol. The van der Waals surface area contributed by atoms with Crippen LogP contribution >= 0.6 is 0 Å². The van der Waals surface area contributed by atoms with Crippen molar-refractivity contribution in [3.8, 4) is 0 Å². The highest BCUT2D eigenvalue weighted by Crippen LogP contribution is 2.21. The molecule has 2 rings (SSSR count). The first kappa shape index (κ1) is 21.4. The van der Waals surface area contributed by atoms with Crippen LogP contribution in [0.25, 0.3) is 0 Å². The molecule has 1 aliphatic rings. The highest BCUT2D eigenvalue weighted by Gasteiger charge is 2.29. The average Bonchev–Trinajstić information content (AvgIpc) is 2.71. The maximum Gasteiger partial charge on any atom is 0.339 e. The second kappa shape index (κ2) is 9.32. The molecule has 0 bridgehead atoms. The van der Waals surface area contributed by atoms with E-state index >= 15 is 0 Å². The molecule has 1 aromatic rings. The molecule has 9 heteroatoms. The Kier molecular flexibility index (Phi) is 7.11. The summed E-state index contributed by atoms with van der Waals surface area (Å²) in [6.07, 6.45) is 1.55. The van der Waals surface area contributed by atoms with E-state index in [1.54, 1.807) is 7.05 Å². The summed E-state index contributed by atoms with van der Waals surface area (Å²) in [5.41, 5.74) is 0.157. The van der Waals surface area contributed by atoms with Gasteiger partial charge in [-0.3, -0.25) is 9.59 Å². The Bertz CT molecular complexity index is 771. The third-order valence-electron chi connectivity index (χ3n) is 4.84. The molecule has 9 nitrogen and oxygen atoms in total. The van der Waals surface area contributed by atoms with E-state index in [2.05, 4.69) is 15.0 Å². The zero-order valence-electron chi connectivity index (χ0n) is 16.5. The van der Waals surface area contributed by atoms with Crippen LogP contribution in [-0.2, 0) is 19.1 Å². The highest BCUT2D eigenvalue weighted by atomic mass is 16.5. The number of anilines is 1. The van der Waals surface area contributed by atoms with Gasteiger partial charge >= 0.3 is 23.8 Å². The van der Waals surface area contributed by atoms with Crippen LogP contribution in [0.5, 0.6) is 0 Å². The predicted molar refractivity (Wildman–Crippen MR) is 101 cm³/mol. The lowest BCUT2D eigenvalue weighted by molar-refractivity contribution is -0.144. The Morgan fingerprint density at radius 3 is 2.25 bits per heavy atom. The lowest BCUT2D eigenvalue weighted by Crippen LogP contribution is -2.48. The van der Waals surface area contributed by atoms with E-state index in [-0.39, 0.29) is 22.9 Å². The second-order valence-electron chi connectivity index (χ2n) is 6.65. The second-order valence-corrected chi connectivity index (χ2v) is 6.65. The summed E-state index contributed by atoms with van der Waals surface area (Å²) in [5, 5.41) is 2.42. The number of hydrogen-bond acceptors (Lipinski definition) is 7. The van der Waals surface area contributed by atoms with Gasteiger partial charge in [-0.15, -0.1) is 0 Å². The van der Waals surface area contributed by atoms with E-state index in [9.17, 15) is 19.2 Å². The van der Waals surface area contributed by atoms with Crippen LogP contribution in [0.3, 0.4) is 0 Å². The number of rotatable bonds is 4. The van der Waals surface area contributed by atoms with Crippen molar-refractivity contribution in [3.63, 3.8) is 0 Å². The normalized spacial score (nSPS) is 14.9. The summed E-state index contributed by atoms with van der Waals surface area (Å²) in [4.78, 5) is 52.3. The minimum absolute atomic E-state index is 0.00452. The zero-order chi connectivity index (χ0) is 20.8. The Hall–Kier alpha value is -2.94. The molecular formula is C19H25N3O6. The summed E-state index contributed by atoms with van der Waals surface area (Å²) in [6, 6.07) is 3.95.